The summed E-state index contributed by atoms with van der Waals surface area (Å²) in [5.41, 5.74) is 19.4. The van der Waals surface area contributed by atoms with Crippen molar-refractivity contribution in [1.29, 1.82) is 0 Å². The molecule has 0 saturated heterocycles. The molecule has 14 rings (SSSR count). The van der Waals surface area contributed by atoms with Crippen LogP contribution in [0, 0.1) is 0 Å². The molecule has 1 aliphatic carbocycles. The Morgan fingerprint density at radius 1 is 0.300 bits per heavy atom. The number of para-hydroxylation sites is 1. The van der Waals surface area contributed by atoms with E-state index in [4.69, 9.17) is 4.42 Å². The van der Waals surface area contributed by atoms with Gasteiger partial charge in [0.25, 0.3) is 0 Å². The summed E-state index contributed by atoms with van der Waals surface area (Å²) in [5, 5.41) is 4.89. The molecule has 0 bridgehead atoms. The van der Waals surface area contributed by atoms with Gasteiger partial charge in [0.15, 0.2) is 0 Å². The van der Waals surface area contributed by atoms with E-state index in [1.807, 2.05) is 23.5 Å². The molecule has 0 amide bonds. The highest BCUT2D eigenvalue weighted by Crippen LogP contribution is 2.57. The van der Waals surface area contributed by atoms with Gasteiger partial charge in [-0.25, -0.2) is 0 Å². The molecule has 2 heterocycles. The molecule has 0 aliphatic heterocycles. The second kappa shape index (κ2) is 16.2. The summed E-state index contributed by atoms with van der Waals surface area (Å²) in [7, 11) is 0. The van der Waals surface area contributed by atoms with Gasteiger partial charge in [-0.1, -0.05) is 188 Å². The first-order valence-corrected chi connectivity index (χ1v) is 24.8. The third-order valence-corrected chi connectivity index (χ3v) is 15.7. The molecule has 70 heavy (non-hydrogen) atoms. The average Bonchev–Trinajstić information content (AvgIpc) is 4.10. The van der Waals surface area contributed by atoms with Gasteiger partial charge in [-0.3, -0.25) is 0 Å². The number of benzene rings is 11. The van der Waals surface area contributed by atoms with Crippen LogP contribution < -0.4 is 4.90 Å². The average molecular weight is 910 g/mol. The second-order valence-corrected chi connectivity index (χ2v) is 19.5. The lowest BCUT2D eigenvalue weighted by atomic mass is 9.67. The summed E-state index contributed by atoms with van der Waals surface area (Å²) in [6.07, 6.45) is 0. The Labute approximate surface area is 410 Å². The fourth-order valence-electron chi connectivity index (χ4n) is 11.3. The Hall–Kier alpha value is -8.76. The molecule has 0 spiro atoms. The fraction of sp³-hybridized carbons (Fsp3) is 0.0149. The first-order valence-electron chi connectivity index (χ1n) is 24.0. The summed E-state index contributed by atoms with van der Waals surface area (Å²) in [6.45, 7) is 0. The van der Waals surface area contributed by atoms with Crippen LogP contribution in [0.1, 0.15) is 22.3 Å². The number of rotatable bonds is 8. The molecule has 0 unspecified atom stereocenters. The Morgan fingerprint density at radius 3 is 1.60 bits per heavy atom. The Balaban J connectivity index is 0.875. The van der Waals surface area contributed by atoms with Gasteiger partial charge in [0, 0.05) is 48.0 Å². The number of fused-ring (bicyclic) bond motifs is 9. The predicted octanol–water partition coefficient (Wildman–Crippen LogP) is 18.8. The zero-order valence-corrected chi connectivity index (χ0v) is 38.9. The maximum Gasteiger partial charge on any atom is 0.135 e. The van der Waals surface area contributed by atoms with Crippen molar-refractivity contribution in [1.82, 2.24) is 0 Å². The van der Waals surface area contributed by atoms with Gasteiger partial charge in [-0.05, 0) is 140 Å². The zero-order valence-electron chi connectivity index (χ0n) is 38.1. The lowest BCUT2D eigenvalue weighted by Gasteiger charge is -2.33. The molecule has 0 saturated carbocycles. The minimum Gasteiger partial charge on any atom is -0.456 e. The Kier molecular flexibility index (Phi) is 9.33. The summed E-state index contributed by atoms with van der Waals surface area (Å²) in [5.74, 6) is 0. The summed E-state index contributed by atoms with van der Waals surface area (Å²) >= 11 is 1.86. The monoisotopic (exact) mass is 909 g/mol. The van der Waals surface area contributed by atoms with Crippen LogP contribution in [0.3, 0.4) is 0 Å². The van der Waals surface area contributed by atoms with Crippen molar-refractivity contribution >= 4 is 70.5 Å². The highest BCUT2D eigenvalue weighted by molar-refractivity contribution is 7.25. The molecule has 2 nitrogen and oxygen atoms in total. The zero-order chi connectivity index (χ0) is 46.2. The maximum absolute atomic E-state index is 6.18. The Bertz CT molecular complexity index is 4070. The topological polar surface area (TPSA) is 16.4 Å². The fourth-order valence-corrected chi connectivity index (χ4v) is 12.5. The van der Waals surface area contributed by atoms with E-state index in [0.29, 0.717) is 0 Å². The summed E-state index contributed by atoms with van der Waals surface area (Å²) < 4.78 is 8.81. The molecule has 1 aliphatic rings. The number of furan rings is 1. The van der Waals surface area contributed by atoms with Crippen molar-refractivity contribution in [3.63, 3.8) is 0 Å². The maximum atomic E-state index is 6.18. The molecule has 13 aromatic rings. The third kappa shape index (κ3) is 6.40. The second-order valence-electron chi connectivity index (χ2n) is 18.4. The van der Waals surface area contributed by atoms with Gasteiger partial charge in [0.1, 0.15) is 11.2 Å². The molecular formula is C67H43NOS. The van der Waals surface area contributed by atoms with E-state index in [1.54, 1.807) is 0 Å². The number of thiophene rings is 1. The van der Waals surface area contributed by atoms with Gasteiger partial charge in [0.05, 0.1) is 5.41 Å². The lowest BCUT2D eigenvalue weighted by molar-refractivity contribution is 0.669. The Morgan fingerprint density at radius 2 is 0.843 bits per heavy atom. The van der Waals surface area contributed by atoms with Gasteiger partial charge < -0.3 is 9.32 Å². The van der Waals surface area contributed by atoms with Crippen LogP contribution in [0.5, 0.6) is 0 Å². The smallest absolute Gasteiger partial charge is 0.135 e. The molecule has 3 heteroatoms. The molecule has 0 radical (unpaired) electrons. The first-order chi connectivity index (χ1) is 34.7. The van der Waals surface area contributed by atoms with Gasteiger partial charge in [0.2, 0.25) is 0 Å². The van der Waals surface area contributed by atoms with Crippen molar-refractivity contribution in [3.8, 4) is 44.5 Å². The van der Waals surface area contributed by atoms with Crippen LogP contribution in [0.2, 0.25) is 0 Å². The van der Waals surface area contributed by atoms with E-state index >= 15 is 0 Å². The van der Waals surface area contributed by atoms with E-state index < -0.39 is 5.41 Å². The van der Waals surface area contributed by atoms with Crippen molar-refractivity contribution in [2.45, 2.75) is 5.41 Å². The predicted molar refractivity (Wildman–Crippen MR) is 295 cm³/mol. The van der Waals surface area contributed by atoms with Gasteiger partial charge in [-0.2, -0.15) is 0 Å². The summed E-state index contributed by atoms with van der Waals surface area (Å²) in [4.78, 5) is 2.39. The van der Waals surface area contributed by atoms with Crippen LogP contribution in [0.4, 0.5) is 17.1 Å². The molecule has 328 valence electrons. The number of hydrogen-bond donors (Lipinski definition) is 0. The van der Waals surface area contributed by atoms with Crippen molar-refractivity contribution in [2.24, 2.45) is 0 Å². The van der Waals surface area contributed by atoms with Crippen LogP contribution in [-0.4, -0.2) is 0 Å². The van der Waals surface area contributed by atoms with E-state index in [1.165, 1.54) is 70.2 Å². The minimum atomic E-state index is -0.439. The van der Waals surface area contributed by atoms with Gasteiger partial charge in [-0.15, -0.1) is 11.3 Å². The van der Waals surface area contributed by atoms with Crippen LogP contribution in [0.25, 0.3) is 86.6 Å². The number of anilines is 3. The van der Waals surface area contributed by atoms with Gasteiger partial charge >= 0.3 is 0 Å². The normalized spacial score (nSPS) is 12.7. The van der Waals surface area contributed by atoms with Crippen molar-refractivity contribution < 1.29 is 4.42 Å². The van der Waals surface area contributed by atoms with E-state index in [9.17, 15) is 0 Å². The summed E-state index contributed by atoms with van der Waals surface area (Å²) in [6, 6.07) is 95.6. The SMILES string of the molecule is c1ccc(C2(c3ccccc3)c3ccccc3-c3cc(-c4cccc(N(c5ccc(-c6ccc7c(c6)sc6ccccc67)cc5)c5ccc(-c6ccc7oc8ccccc8c7c6)cc5)c4)ccc32)cc1. The highest BCUT2D eigenvalue weighted by atomic mass is 32.1. The van der Waals surface area contributed by atoms with Crippen molar-refractivity contribution in [2.75, 3.05) is 4.90 Å². The highest BCUT2D eigenvalue weighted by Gasteiger charge is 2.46. The molecule has 2 aromatic heterocycles. The molecule has 0 fully saturated rings. The van der Waals surface area contributed by atoms with E-state index in [0.717, 1.165) is 55.7 Å². The molecule has 11 aromatic carbocycles. The third-order valence-electron chi connectivity index (χ3n) is 14.6. The standard InChI is InChI=1S/C67H43NOS/c1-3-15-50(16-4-1)67(51-17-5-2-6-18-51)61-23-10-7-20-55(61)59-41-48(31-38-62(59)67)46-14-13-19-54(40-46)68(52-33-26-44(27-34-52)47-32-39-64-60(42-47)56-21-8-11-24-63(56)69-64)53-35-28-45(29-36-53)49-30-37-58-57-22-9-12-25-65(57)70-66(58)43-49/h1-43H. The van der Waals surface area contributed by atoms with Crippen LogP contribution >= 0.6 is 11.3 Å². The van der Waals surface area contributed by atoms with E-state index in [-0.39, 0.29) is 0 Å². The van der Waals surface area contributed by atoms with Crippen molar-refractivity contribution in [3.05, 3.63) is 283 Å². The minimum absolute atomic E-state index is 0.439. The van der Waals surface area contributed by atoms with Crippen LogP contribution in [-0.2, 0) is 5.41 Å². The number of hydrogen-bond acceptors (Lipinski definition) is 3. The molecule has 0 N–H and O–H groups in total. The lowest BCUT2D eigenvalue weighted by Crippen LogP contribution is -2.28. The quantitative estimate of drug-likeness (QED) is 0.151. The molecular weight excluding hydrogens is 867 g/mol. The van der Waals surface area contributed by atoms with E-state index in [2.05, 4.69) is 254 Å². The van der Waals surface area contributed by atoms with Crippen LogP contribution in [0.15, 0.2) is 265 Å². The molecule has 0 atom stereocenters. The first kappa shape index (κ1) is 40.3. The largest absolute Gasteiger partial charge is 0.456 e. The number of nitrogens with zero attached hydrogens (tertiary/aromatic N) is 1.